The fourth-order valence-corrected chi connectivity index (χ4v) is 1.51. The molecule has 7 heteroatoms. The SMILES string of the molecule is CSCCNC(=O)Nc1ccc(C(=O)O)c(F)c1. The number of carboxylic acids is 1. The van der Waals surface area contributed by atoms with Crippen molar-refractivity contribution in [2.24, 2.45) is 0 Å². The topological polar surface area (TPSA) is 78.4 Å². The zero-order chi connectivity index (χ0) is 13.5. The van der Waals surface area contributed by atoms with E-state index >= 15 is 0 Å². The van der Waals surface area contributed by atoms with Crippen LogP contribution in [0, 0.1) is 5.82 Å². The highest BCUT2D eigenvalue weighted by molar-refractivity contribution is 7.98. The summed E-state index contributed by atoms with van der Waals surface area (Å²) < 4.78 is 13.3. The summed E-state index contributed by atoms with van der Waals surface area (Å²) >= 11 is 1.59. The highest BCUT2D eigenvalue weighted by Crippen LogP contribution is 2.14. The molecule has 1 rings (SSSR count). The van der Waals surface area contributed by atoms with Gasteiger partial charge in [0.15, 0.2) is 0 Å². The number of carbonyl (C=O) groups excluding carboxylic acids is 1. The van der Waals surface area contributed by atoms with Crippen LogP contribution >= 0.6 is 11.8 Å². The minimum absolute atomic E-state index is 0.208. The first-order valence-electron chi connectivity index (χ1n) is 5.11. The third kappa shape index (κ3) is 4.25. The molecule has 0 atom stereocenters. The van der Waals surface area contributed by atoms with E-state index in [0.29, 0.717) is 6.54 Å². The van der Waals surface area contributed by atoms with Crippen molar-refractivity contribution in [3.8, 4) is 0 Å². The molecule has 5 nitrogen and oxygen atoms in total. The van der Waals surface area contributed by atoms with Crippen molar-refractivity contribution in [1.82, 2.24) is 5.32 Å². The third-order valence-corrected chi connectivity index (χ3v) is 2.66. The van der Waals surface area contributed by atoms with Gasteiger partial charge in [-0.05, 0) is 24.5 Å². The smallest absolute Gasteiger partial charge is 0.338 e. The summed E-state index contributed by atoms with van der Waals surface area (Å²) in [5, 5.41) is 13.6. The van der Waals surface area contributed by atoms with Crippen LogP contribution in [0.15, 0.2) is 18.2 Å². The predicted molar refractivity (Wildman–Crippen MR) is 68.8 cm³/mol. The van der Waals surface area contributed by atoms with E-state index in [1.165, 1.54) is 6.07 Å². The second kappa shape index (κ2) is 6.85. The number of thioether (sulfide) groups is 1. The molecule has 0 spiro atoms. The zero-order valence-electron chi connectivity index (χ0n) is 9.70. The summed E-state index contributed by atoms with van der Waals surface area (Å²) in [5.41, 5.74) is -0.220. The summed E-state index contributed by atoms with van der Waals surface area (Å²) in [6.07, 6.45) is 1.92. The molecule has 2 amide bonds. The molecule has 0 aromatic heterocycles. The molecule has 0 radical (unpaired) electrons. The standard InChI is InChI=1S/C11H13FN2O3S/c1-18-5-4-13-11(17)14-7-2-3-8(10(15)16)9(12)6-7/h2-3,6H,4-5H2,1H3,(H,15,16)(H2,13,14,17). The first-order valence-corrected chi connectivity index (χ1v) is 6.50. The van der Waals surface area contributed by atoms with E-state index in [2.05, 4.69) is 10.6 Å². The Bertz CT molecular complexity index is 454. The Labute approximate surface area is 108 Å². The van der Waals surface area contributed by atoms with Crippen molar-refractivity contribution in [2.75, 3.05) is 23.9 Å². The summed E-state index contributed by atoms with van der Waals surface area (Å²) in [7, 11) is 0. The maximum atomic E-state index is 13.3. The van der Waals surface area contributed by atoms with Gasteiger partial charge in [-0.25, -0.2) is 14.0 Å². The lowest BCUT2D eigenvalue weighted by molar-refractivity contribution is 0.0692. The maximum absolute atomic E-state index is 13.3. The molecule has 0 unspecified atom stereocenters. The highest BCUT2D eigenvalue weighted by Gasteiger charge is 2.11. The second-order valence-corrected chi connectivity index (χ2v) is 4.36. The molecule has 18 heavy (non-hydrogen) atoms. The van der Waals surface area contributed by atoms with E-state index < -0.39 is 23.4 Å². The lowest BCUT2D eigenvalue weighted by atomic mass is 10.2. The summed E-state index contributed by atoms with van der Waals surface area (Å²) in [4.78, 5) is 21.9. The lowest BCUT2D eigenvalue weighted by Crippen LogP contribution is -2.30. The van der Waals surface area contributed by atoms with Gasteiger partial charge < -0.3 is 15.7 Å². The van der Waals surface area contributed by atoms with Crippen LogP contribution < -0.4 is 10.6 Å². The van der Waals surface area contributed by atoms with Crippen LogP contribution in [0.2, 0.25) is 0 Å². The van der Waals surface area contributed by atoms with E-state index in [4.69, 9.17) is 5.11 Å². The van der Waals surface area contributed by atoms with Gasteiger partial charge in [0.1, 0.15) is 5.82 Å². The Kier molecular flexibility index (Phi) is 5.44. The maximum Gasteiger partial charge on any atom is 0.338 e. The fraction of sp³-hybridized carbons (Fsp3) is 0.273. The molecule has 1 aromatic rings. The Balaban J connectivity index is 2.60. The van der Waals surface area contributed by atoms with Crippen LogP contribution in [0.3, 0.4) is 0 Å². The molecule has 0 aliphatic rings. The van der Waals surface area contributed by atoms with E-state index in [-0.39, 0.29) is 5.69 Å². The number of anilines is 1. The molecule has 0 saturated carbocycles. The number of carboxylic acid groups (broad SMARTS) is 1. The van der Waals surface area contributed by atoms with Crippen LogP contribution in [0.5, 0.6) is 0 Å². The van der Waals surface area contributed by atoms with Crippen molar-refractivity contribution in [2.45, 2.75) is 0 Å². The zero-order valence-corrected chi connectivity index (χ0v) is 10.5. The number of hydrogen-bond acceptors (Lipinski definition) is 3. The Morgan fingerprint density at radius 1 is 1.44 bits per heavy atom. The summed E-state index contributed by atoms with van der Waals surface area (Å²) in [6, 6.07) is 2.96. The van der Waals surface area contributed by atoms with Gasteiger partial charge in [-0.2, -0.15) is 11.8 Å². The van der Waals surface area contributed by atoms with Gasteiger partial charge in [-0.15, -0.1) is 0 Å². The Morgan fingerprint density at radius 3 is 2.72 bits per heavy atom. The van der Waals surface area contributed by atoms with E-state index in [1.807, 2.05) is 6.26 Å². The van der Waals surface area contributed by atoms with Gasteiger partial charge in [0, 0.05) is 18.0 Å². The molecular weight excluding hydrogens is 259 g/mol. The van der Waals surface area contributed by atoms with Gasteiger partial charge in [-0.3, -0.25) is 0 Å². The van der Waals surface area contributed by atoms with Crippen LogP contribution in [-0.4, -0.2) is 35.7 Å². The van der Waals surface area contributed by atoms with Crippen molar-refractivity contribution in [1.29, 1.82) is 0 Å². The molecule has 0 heterocycles. The number of rotatable bonds is 5. The minimum atomic E-state index is -1.34. The molecule has 0 saturated heterocycles. The molecular formula is C11H13FN2O3S. The molecule has 0 aliphatic heterocycles. The first-order chi connectivity index (χ1) is 8.54. The molecule has 1 aromatic carbocycles. The lowest BCUT2D eigenvalue weighted by Gasteiger charge is -2.07. The van der Waals surface area contributed by atoms with E-state index in [0.717, 1.165) is 17.9 Å². The Morgan fingerprint density at radius 2 is 2.17 bits per heavy atom. The summed E-state index contributed by atoms with van der Waals surface area (Å²) in [5.74, 6) is -1.45. The average molecular weight is 272 g/mol. The van der Waals surface area contributed by atoms with E-state index in [1.54, 1.807) is 11.8 Å². The number of aromatic carboxylic acids is 1. The van der Waals surface area contributed by atoms with Crippen LogP contribution in [0.1, 0.15) is 10.4 Å². The van der Waals surface area contributed by atoms with Crippen molar-refractivity contribution < 1.29 is 19.1 Å². The van der Waals surface area contributed by atoms with Gasteiger partial charge in [0.05, 0.1) is 5.56 Å². The van der Waals surface area contributed by atoms with Crippen LogP contribution in [0.4, 0.5) is 14.9 Å². The van der Waals surface area contributed by atoms with Gasteiger partial charge in [-0.1, -0.05) is 0 Å². The number of nitrogens with one attached hydrogen (secondary N) is 2. The largest absolute Gasteiger partial charge is 0.478 e. The molecule has 0 bridgehead atoms. The van der Waals surface area contributed by atoms with Crippen molar-refractivity contribution >= 4 is 29.4 Å². The van der Waals surface area contributed by atoms with Crippen molar-refractivity contribution in [3.63, 3.8) is 0 Å². The van der Waals surface area contributed by atoms with E-state index in [9.17, 15) is 14.0 Å². The van der Waals surface area contributed by atoms with Crippen LogP contribution in [-0.2, 0) is 0 Å². The monoisotopic (exact) mass is 272 g/mol. The summed E-state index contributed by atoms with van der Waals surface area (Å²) in [6.45, 7) is 0.503. The molecule has 98 valence electrons. The number of hydrogen-bond donors (Lipinski definition) is 3. The number of halogens is 1. The second-order valence-electron chi connectivity index (χ2n) is 3.37. The molecule has 3 N–H and O–H groups in total. The minimum Gasteiger partial charge on any atom is -0.478 e. The average Bonchev–Trinajstić information content (AvgIpc) is 2.28. The third-order valence-electron chi connectivity index (χ3n) is 2.05. The first kappa shape index (κ1) is 14.3. The van der Waals surface area contributed by atoms with Crippen LogP contribution in [0.25, 0.3) is 0 Å². The molecule has 0 fully saturated rings. The molecule has 0 aliphatic carbocycles. The van der Waals surface area contributed by atoms with Crippen molar-refractivity contribution in [3.05, 3.63) is 29.6 Å². The number of urea groups is 1. The number of benzene rings is 1. The predicted octanol–water partition coefficient (Wildman–Crippen LogP) is 2.01. The van der Waals surface area contributed by atoms with Gasteiger partial charge >= 0.3 is 12.0 Å². The fourth-order valence-electron chi connectivity index (χ4n) is 1.21. The number of amides is 2. The normalized spacial score (nSPS) is 9.89. The number of carbonyl (C=O) groups is 2. The Hall–Kier alpha value is -1.76. The quantitative estimate of drug-likeness (QED) is 0.716. The highest BCUT2D eigenvalue weighted by atomic mass is 32.2. The van der Waals surface area contributed by atoms with Gasteiger partial charge in [0.25, 0.3) is 0 Å². The van der Waals surface area contributed by atoms with Gasteiger partial charge in [0.2, 0.25) is 0 Å².